The number of Topliss-reactive ketones (excluding diaryl/α,β-unsaturated/α-hetero) is 1. The van der Waals surface area contributed by atoms with Crippen molar-refractivity contribution in [1.82, 2.24) is 0 Å². The molecule has 1 aromatic carbocycles. The van der Waals surface area contributed by atoms with E-state index >= 15 is 0 Å². The van der Waals surface area contributed by atoms with Crippen molar-refractivity contribution >= 4 is 17.7 Å². The number of hydrogen-bond donors (Lipinski definition) is 1. The first-order valence-corrected chi connectivity index (χ1v) is 7.93. The highest BCUT2D eigenvalue weighted by Gasteiger charge is 2.45. The number of rotatable bonds is 7. The van der Waals surface area contributed by atoms with Crippen molar-refractivity contribution in [3.05, 3.63) is 35.6 Å². The van der Waals surface area contributed by atoms with E-state index in [4.69, 9.17) is 10.6 Å². The van der Waals surface area contributed by atoms with E-state index < -0.39 is 28.8 Å². The molecular formula is C18H24FNO5. The first kappa shape index (κ1) is 20.8. The molecule has 0 aliphatic carbocycles. The largest absolute Gasteiger partial charge is 0.459 e. The van der Waals surface area contributed by atoms with E-state index in [0.717, 1.165) is 0 Å². The molecule has 1 unspecified atom stereocenters. The molecule has 0 saturated heterocycles. The van der Waals surface area contributed by atoms with Crippen LogP contribution in [0.25, 0.3) is 0 Å². The maximum Gasteiger partial charge on any atom is 0.341 e. The fraction of sp³-hybridized carbons (Fsp3) is 0.500. The number of carbonyl (C=O) groups is 3. The Labute approximate surface area is 146 Å². The summed E-state index contributed by atoms with van der Waals surface area (Å²) in [6.45, 7) is 6.41. The van der Waals surface area contributed by atoms with Crippen LogP contribution in [0.1, 0.15) is 57.3 Å². The van der Waals surface area contributed by atoms with Gasteiger partial charge in [-0.2, -0.15) is 5.90 Å². The lowest BCUT2D eigenvalue weighted by Crippen LogP contribution is -2.43. The quantitative estimate of drug-likeness (QED) is 0.350. The third kappa shape index (κ3) is 5.94. The van der Waals surface area contributed by atoms with Crippen molar-refractivity contribution in [2.24, 2.45) is 11.3 Å². The molecule has 7 heteroatoms. The van der Waals surface area contributed by atoms with Gasteiger partial charge in [0.25, 0.3) is 0 Å². The number of hydrogen-bond acceptors (Lipinski definition) is 6. The zero-order valence-corrected chi connectivity index (χ0v) is 14.9. The van der Waals surface area contributed by atoms with Crippen LogP contribution in [0.3, 0.4) is 0 Å². The normalized spacial score (nSPS) is 13.7. The fourth-order valence-electron chi connectivity index (χ4n) is 2.19. The molecule has 0 bridgehead atoms. The lowest BCUT2D eigenvalue weighted by Gasteiger charge is -2.29. The molecule has 25 heavy (non-hydrogen) atoms. The van der Waals surface area contributed by atoms with Gasteiger partial charge in [0.1, 0.15) is 11.4 Å². The summed E-state index contributed by atoms with van der Waals surface area (Å²) in [7, 11) is 0. The lowest BCUT2D eigenvalue weighted by molar-refractivity contribution is -0.179. The SMILES string of the molecule is CC(C)(C)OC(=O)C(C)(CCCC(=O)c1ccc(F)cc1)C(=O)ON. The van der Waals surface area contributed by atoms with E-state index in [0.29, 0.717) is 5.56 Å². The number of halogens is 1. The van der Waals surface area contributed by atoms with Crippen molar-refractivity contribution in [1.29, 1.82) is 0 Å². The molecule has 0 aliphatic heterocycles. The summed E-state index contributed by atoms with van der Waals surface area (Å²) >= 11 is 0. The standard InChI is InChI=1S/C18H24FNO5/c1-17(2,3)24-15(22)18(4,16(23)25-20)11-5-6-14(21)12-7-9-13(19)10-8-12/h7-10H,5-6,11,20H2,1-4H3. The van der Waals surface area contributed by atoms with Gasteiger partial charge in [0.05, 0.1) is 0 Å². The van der Waals surface area contributed by atoms with Gasteiger partial charge in [-0.15, -0.1) is 0 Å². The van der Waals surface area contributed by atoms with Gasteiger partial charge < -0.3 is 9.57 Å². The summed E-state index contributed by atoms with van der Waals surface area (Å²) in [4.78, 5) is 40.7. The zero-order chi connectivity index (χ0) is 19.3. The van der Waals surface area contributed by atoms with Crippen LogP contribution >= 0.6 is 0 Å². The molecule has 6 nitrogen and oxygen atoms in total. The van der Waals surface area contributed by atoms with E-state index in [1.54, 1.807) is 20.8 Å². The molecule has 1 rings (SSSR count). The van der Waals surface area contributed by atoms with E-state index in [9.17, 15) is 18.8 Å². The van der Waals surface area contributed by atoms with Crippen molar-refractivity contribution in [2.45, 2.75) is 52.6 Å². The molecule has 0 amide bonds. The highest BCUT2D eigenvalue weighted by molar-refractivity contribution is 6.00. The van der Waals surface area contributed by atoms with Gasteiger partial charge in [0.2, 0.25) is 0 Å². The Hall–Kier alpha value is -2.28. The van der Waals surface area contributed by atoms with Crippen LogP contribution in [-0.2, 0) is 19.2 Å². The molecule has 0 radical (unpaired) electrons. The van der Waals surface area contributed by atoms with Crippen molar-refractivity contribution < 1.29 is 28.3 Å². The summed E-state index contributed by atoms with van der Waals surface area (Å²) in [5.74, 6) is 2.61. The smallest absolute Gasteiger partial charge is 0.341 e. The molecule has 2 N–H and O–H groups in total. The minimum Gasteiger partial charge on any atom is -0.459 e. The second-order valence-corrected chi connectivity index (χ2v) is 7.02. The summed E-state index contributed by atoms with van der Waals surface area (Å²) in [6, 6.07) is 5.17. The highest BCUT2D eigenvalue weighted by Crippen LogP contribution is 2.30. The van der Waals surface area contributed by atoms with Crippen LogP contribution in [0, 0.1) is 11.2 Å². The van der Waals surface area contributed by atoms with Crippen LogP contribution < -0.4 is 5.90 Å². The van der Waals surface area contributed by atoms with E-state index in [1.165, 1.54) is 31.2 Å². The van der Waals surface area contributed by atoms with E-state index in [1.807, 2.05) is 0 Å². The summed E-state index contributed by atoms with van der Waals surface area (Å²) < 4.78 is 18.1. The van der Waals surface area contributed by atoms with Gasteiger partial charge in [0, 0.05) is 12.0 Å². The van der Waals surface area contributed by atoms with Crippen molar-refractivity contribution in [3.63, 3.8) is 0 Å². The van der Waals surface area contributed by atoms with E-state index in [-0.39, 0.29) is 25.0 Å². The summed E-state index contributed by atoms with van der Waals surface area (Å²) in [6.07, 6.45) is 0.355. The number of ether oxygens (including phenoxy) is 1. The van der Waals surface area contributed by atoms with Crippen LogP contribution in [-0.4, -0.2) is 23.3 Å². The first-order chi connectivity index (χ1) is 11.5. The second kappa shape index (κ2) is 8.20. The Morgan fingerprint density at radius 2 is 1.60 bits per heavy atom. The average molecular weight is 353 g/mol. The Bertz CT molecular complexity index is 636. The van der Waals surface area contributed by atoms with Crippen LogP contribution in [0.2, 0.25) is 0 Å². The molecule has 1 atom stereocenters. The number of ketones is 1. The highest BCUT2D eigenvalue weighted by atomic mass is 19.1. The van der Waals surface area contributed by atoms with Gasteiger partial charge in [-0.3, -0.25) is 9.59 Å². The maximum absolute atomic E-state index is 12.9. The molecule has 138 valence electrons. The molecule has 0 spiro atoms. The van der Waals surface area contributed by atoms with Gasteiger partial charge in [-0.25, -0.2) is 9.18 Å². The minimum atomic E-state index is -1.61. The molecule has 0 aliphatic rings. The third-order valence-corrected chi connectivity index (χ3v) is 3.65. The van der Waals surface area contributed by atoms with Crippen molar-refractivity contribution in [2.75, 3.05) is 0 Å². The van der Waals surface area contributed by atoms with Crippen LogP contribution in [0.5, 0.6) is 0 Å². The average Bonchev–Trinajstić information content (AvgIpc) is 2.52. The Kier molecular flexibility index (Phi) is 6.81. The number of esters is 1. The molecule has 1 aromatic rings. The molecule has 0 saturated carbocycles. The molecule has 0 aromatic heterocycles. The molecule has 0 heterocycles. The second-order valence-electron chi connectivity index (χ2n) is 7.02. The number of nitrogens with two attached hydrogens (primary N) is 1. The van der Waals surface area contributed by atoms with Crippen molar-refractivity contribution in [3.8, 4) is 0 Å². The predicted molar refractivity (Wildman–Crippen MR) is 88.8 cm³/mol. The monoisotopic (exact) mass is 353 g/mol. The minimum absolute atomic E-state index is 0.0326. The number of benzene rings is 1. The van der Waals surface area contributed by atoms with Crippen LogP contribution in [0.15, 0.2) is 24.3 Å². The predicted octanol–water partition coefficient (Wildman–Crippen LogP) is 2.94. The Morgan fingerprint density at radius 1 is 1.04 bits per heavy atom. The van der Waals surface area contributed by atoms with Gasteiger partial charge >= 0.3 is 11.9 Å². The Morgan fingerprint density at radius 3 is 2.08 bits per heavy atom. The molecule has 0 fully saturated rings. The van der Waals surface area contributed by atoms with Crippen LogP contribution in [0.4, 0.5) is 4.39 Å². The number of carbonyl (C=O) groups excluding carboxylic acids is 3. The van der Waals surface area contributed by atoms with Gasteiger partial charge in [0.15, 0.2) is 11.2 Å². The topological polar surface area (TPSA) is 95.7 Å². The van der Waals surface area contributed by atoms with Gasteiger partial charge in [-0.05, 0) is 64.8 Å². The lowest BCUT2D eigenvalue weighted by atomic mass is 9.84. The summed E-state index contributed by atoms with van der Waals surface area (Å²) in [5.41, 5.74) is -2.02. The summed E-state index contributed by atoms with van der Waals surface area (Å²) in [5, 5.41) is 0. The maximum atomic E-state index is 12.9. The molecular weight excluding hydrogens is 329 g/mol. The Balaban J connectivity index is 2.76. The zero-order valence-electron chi connectivity index (χ0n) is 14.9. The first-order valence-electron chi connectivity index (χ1n) is 7.93. The van der Waals surface area contributed by atoms with Gasteiger partial charge in [-0.1, -0.05) is 0 Å². The fourth-order valence-corrected chi connectivity index (χ4v) is 2.19. The van der Waals surface area contributed by atoms with E-state index in [2.05, 4.69) is 4.84 Å². The third-order valence-electron chi connectivity index (χ3n) is 3.65.